The molecule has 1 rings (SSSR count). The average molecular weight is 173 g/mol. The molecule has 1 heterocycles. The van der Waals surface area contributed by atoms with E-state index in [0.29, 0.717) is 0 Å². The summed E-state index contributed by atoms with van der Waals surface area (Å²) in [5, 5.41) is 8.80. The number of hydrogen-bond acceptors (Lipinski definition) is 2. The van der Waals surface area contributed by atoms with Gasteiger partial charge in [0.1, 0.15) is 6.04 Å². The van der Waals surface area contributed by atoms with Gasteiger partial charge in [0, 0.05) is 0 Å². The monoisotopic (exact) mass is 173 g/mol. The molecule has 1 atom stereocenters. The summed E-state index contributed by atoms with van der Waals surface area (Å²) < 4.78 is 2.04. The lowest BCUT2D eigenvalue weighted by molar-refractivity contribution is -0.140. The molecule has 0 spiro atoms. The molecule has 0 aromatic heterocycles. The summed E-state index contributed by atoms with van der Waals surface area (Å²) in [4.78, 5) is 10.7. The molecule has 0 aromatic rings. The largest absolute Gasteiger partial charge is 0.480 e. The first-order chi connectivity index (χ1) is 4.92. The maximum atomic E-state index is 10.7. The van der Waals surface area contributed by atoms with Crippen LogP contribution in [0.3, 0.4) is 0 Å². The standard InChI is InChI=1S/C7H15NO2Si/c1-7(2)3-5(6(9)10)8(11)4-7/h5H,3-4H2,1-2,11H3,(H,9,10)/t5-/m0/s1. The Bertz CT molecular complexity index is 181. The summed E-state index contributed by atoms with van der Waals surface area (Å²) in [6.45, 7) is 5.19. The summed E-state index contributed by atoms with van der Waals surface area (Å²) in [6, 6.07) is -0.211. The molecule has 0 saturated carbocycles. The predicted octanol–water partition coefficient (Wildman–Crippen LogP) is -0.548. The molecule has 1 aliphatic rings. The zero-order valence-electron chi connectivity index (χ0n) is 7.29. The summed E-state index contributed by atoms with van der Waals surface area (Å²) in [5.41, 5.74) is 0.199. The van der Waals surface area contributed by atoms with Crippen molar-refractivity contribution in [3.63, 3.8) is 0 Å². The van der Waals surface area contributed by atoms with Crippen LogP contribution < -0.4 is 0 Å². The van der Waals surface area contributed by atoms with Gasteiger partial charge in [-0.05, 0) is 18.4 Å². The lowest BCUT2D eigenvalue weighted by Gasteiger charge is -2.15. The third kappa shape index (κ3) is 1.81. The fourth-order valence-corrected chi connectivity index (χ4v) is 3.06. The molecule has 1 saturated heterocycles. The van der Waals surface area contributed by atoms with Crippen LogP contribution in [0.1, 0.15) is 20.3 Å². The number of rotatable bonds is 1. The Kier molecular flexibility index (Phi) is 2.07. The second-order valence-electron chi connectivity index (χ2n) is 4.14. The Morgan fingerprint density at radius 3 is 2.45 bits per heavy atom. The van der Waals surface area contributed by atoms with Gasteiger partial charge in [0.2, 0.25) is 0 Å². The Morgan fingerprint density at radius 1 is 1.73 bits per heavy atom. The summed E-state index contributed by atoms with van der Waals surface area (Å²) >= 11 is 0. The number of aliphatic carboxylic acids is 1. The van der Waals surface area contributed by atoms with E-state index in [2.05, 4.69) is 13.8 Å². The topological polar surface area (TPSA) is 40.5 Å². The van der Waals surface area contributed by atoms with Gasteiger partial charge in [-0.25, -0.2) is 0 Å². The molecule has 1 fully saturated rings. The van der Waals surface area contributed by atoms with Crippen molar-refractivity contribution >= 4 is 16.4 Å². The summed E-state index contributed by atoms with van der Waals surface area (Å²) in [6.07, 6.45) is 0.797. The summed E-state index contributed by atoms with van der Waals surface area (Å²) in [5.74, 6) is -0.662. The Hall–Kier alpha value is -0.353. The second-order valence-corrected chi connectivity index (χ2v) is 5.29. The van der Waals surface area contributed by atoms with E-state index in [9.17, 15) is 4.79 Å². The molecular weight excluding hydrogens is 158 g/mol. The van der Waals surface area contributed by atoms with Crippen LogP contribution >= 0.6 is 0 Å². The molecule has 0 aliphatic carbocycles. The zero-order valence-corrected chi connectivity index (χ0v) is 9.29. The van der Waals surface area contributed by atoms with Crippen molar-refractivity contribution < 1.29 is 9.90 Å². The maximum absolute atomic E-state index is 10.7. The second kappa shape index (κ2) is 2.60. The minimum absolute atomic E-state index is 0.199. The van der Waals surface area contributed by atoms with Crippen LogP contribution in [-0.2, 0) is 4.79 Å². The first-order valence-corrected chi connectivity index (χ1v) is 4.75. The Labute approximate surface area is 69.9 Å². The van der Waals surface area contributed by atoms with E-state index in [0.717, 1.165) is 23.4 Å². The van der Waals surface area contributed by atoms with Crippen molar-refractivity contribution in [1.82, 2.24) is 4.57 Å². The third-order valence-electron chi connectivity index (χ3n) is 2.24. The van der Waals surface area contributed by atoms with E-state index in [4.69, 9.17) is 5.11 Å². The number of carboxylic acids is 1. The van der Waals surface area contributed by atoms with Crippen molar-refractivity contribution in [3.05, 3.63) is 0 Å². The Morgan fingerprint density at radius 2 is 2.27 bits per heavy atom. The molecule has 1 aliphatic heterocycles. The van der Waals surface area contributed by atoms with E-state index in [1.807, 2.05) is 4.57 Å². The van der Waals surface area contributed by atoms with E-state index in [1.54, 1.807) is 0 Å². The smallest absolute Gasteiger partial charge is 0.320 e. The van der Waals surface area contributed by atoms with Gasteiger partial charge in [-0.1, -0.05) is 13.8 Å². The van der Waals surface area contributed by atoms with Crippen molar-refractivity contribution in [3.8, 4) is 0 Å². The van der Waals surface area contributed by atoms with Crippen molar-refractivity contribution in [2.75, 3.05) is 6.54 Å². The highest BCUT2D eigenvalue weighted by molar-refractivity contribution is 6.06. The quantitative estimate of drug-likeness (QED) is 0.541. The normalized spacial score (nSPS) is 30.9. The molecule has 3 nitrogen and oxygen atoms in total. The van der Waals surface area contributed by atoms with Gasteiger partial charge in [-0.2, -0.15) is 0 Å². The first kappa shape index (κ1) is 8.74. The Balaban J connectivity index is 2.66. The van der Waals surface area contributed by atoms with E-state index in [-0.39, 0.29) is 11.5 Å². The fourth-order valence-electron chi connectivity index (χ4n) is 1.80. The van der Waals surface area contributed by atoms with Crippen molar-refractivity contribution in [2.45, 2.75) is 26.3 Å². The van der Waals surface area contributed by atoms with Gasteiger partial charge in [0.05, 0.1) is 10.4 Å². The van der Waals surface area contributed by atoms with Crippen LogP contribution in [0.5, 0.6) is 0 Å². The molecule has 0 radical (unpaired) electrons. The van der Waals surface area contributed by atoms with E-state index < -0.39 is 5.97 Å². The zero-order chi connectivity index (χ0) is 8.65. The van der Waals surface area contributed by atoms with Crippen molar-refractivity contribution in [2.24, 2.45) is 5.41 Å². The summed E-state index contributed by atoms with van der Waals surface area (Å²) in [7, 11) is 0.858. The molecular formula is C7H15NO2Si. The molecule has 64 valence electrons. The minimum Gasteiger partial charge on any atom is -0.480 e. The lowest BCUT2D eigenvalue weighted by Crippen LogP contribution is -2.33. The van der Waals surface area contributed by atoms with Gasteiger partial charge in [-0.3, -0.25) is 4.79 Å². The average Bonchev–Trinajstić information content (AvgIpc) is 2.05. The fraction of sp³-hybridized carbons (Fsp3) is 0.857. The molecule has 4 heteroatoms. The van der Waals surface area contributed by atoms with Crippen LogP contribution in [0.15, 0.2) is 0 Å². The highest BCUT2D eigenvalue weighted by Gasteiger charge is 2.38. The number of hydrogen-bond donors (Lipinski definition) is 1. The molecule has 1 N–H and O–H groups in total. The van der Waals surface area contributed by atoms with E-state index in [1.165, 1.54) is 0 Å². The van der Waals surface area contributed by atoms with Crippen LogP contribution in [0.4, 0.5) is 0 Å². The van der Waals surface area contributed by atoms with Gasteiger partial charge in [-0.15, -0.1) is 0 Å². The molecule has 0 bridgehead atoms. The first-order valence-electron chi connectivity index (χ1n) is 3.85. The van der Waals surface area contributed by atoms with Crippen LogP contribution in [0.2, 0.25) is 0 Å². The molecule has 0 aromatic carbocycles. The number of carbonyl (C=O) groups is 1. The SMILES string of the molecule is CC1(C)C[C@@H](C(=O)O)N([SiH3])C1. The van der Waals surface area contributed by atoms with Crippen LogP contribution in [0, 0.1) is 5.41 Å². The van der Waals surface area contributed by atoms with Gasteiger partial charge < -0.3 is 9.67 Å². The third-order valence-corrected chi connectivity index (χ3v) is 3.18. The number of nitrogens with zero attached hydrogens (tertiary/aromatic N) is 1. The van der Waals surface area contributed by atoms with Crippen LogP contribution in [-0.4, -0.2) is 38.6 Å². The lowest BCUT2D eigenvalue weighted by atomic mass is 9.91. The maximum Gasteiger partial charge on any atom is 0.320 e. The van der Waals surface area contributed by atoms with Gasteiger partial charge in [0.15, 0.2) is 0 Å². The highest BCUT2D eigenvalue weighted by atomic mass is 28.2. The van der Waals surface area contributed by atoms with E-state index >= 15 is 0 Å². The van der Waals surface area contributed by atoms with Crippen LogP contribution in [0.25, 0.3) is 0 Å². The molecule has 0 unspecified atom stereocenters. The van der Waals surface area contributed by atoms with Crippen molar-refractivity contribution in [1.29, 1.82) is 0 Å². The molecule has 0 amide bonds. The highest BCUT2D eigenvalue weighted by Crippen LogP contribution is 2.32. The van der Waals surface area contributed by atoms with Gasteiger partial charge in [0.25, 0.3) is 0 Å². The molecule has 11 heavy (non-hydrogen) atoms. The van der Waals surface area contributed by atoms with Gasteiger partial charge >= 0.3 is 5.97 Å². The minimum atomic E-state index is -0.662. The number of carboxylic acid groups (broad SMARTS) is 1. The predicted molar refractivity (Wildman–Crippen MR) is 46.5 cm³/mol.